The zero-order valence-electron chi connectivity index (χ0n) is 11.7. The fourth-order valence-corrected chi connectivity index (χ4v) is 2.48. The number of carbonyl (C=O) groups excluding carboxylic acids is 2. The lowest BCUT2D eigenvalue weighted by atomic mass is 10.1. The number of carbonyl (C=O) groups is 2. The van der Waals surface area contributed by atoms with Crippen molar-refractivity contribution in [3.05, 3.63) is 34.3 Å². The number of benzene rings is 1. The van der Waals surface area contributed by atoms with Crippen molar-refractivity contribution in [2.75, 3.05) is 6.61 Å². The molecular weight excluding hydrogens is 340 g/mol. The number of ether oxygens (including phenoxy) is 1. The van der Waals surface area contributed by atoms with Crippen molar-refractivity contribution < 1.29 is 19.4 Å². The molecule has 1 amide bonds. The number of esters is 1. The largest absolute Gasteiger partial charge is 0.462 e. The third-order valence-electron chi connectivity index (χ3n) is 2.99. The van der Waals surface area contributed by atoms with Gasteiger partial charge < -0.3 is 9.84 Å². The summed E-state index contributed by atoms with van der Waals surface area (Å²) >= 11 is 3.27. The molecule has 2 rings (SSSR count). The number of hydrazone groups is 1. The van der Waals surface area contributed by atoms with Gasteiger partial charge >= 0.3 is 5.97 Å². The fraction of sp³-hybridized carbons (Fsp3) is 0.357. The summed E-state index contributed by atoms with van der Waals surface area (Å²) in [5.41, 5.74) is -1.29. The number of amides is 1. The van der Waals surface area contributed by atoms with E-state index in [1.807, 2.05) is 0 Å². The van der Waals surface area contributed by atoms with Crippen LogP contribution in [0.2, 0.25) is 0 Å². The Balaban J connectivity index is 2.35. The van der Waals surface area contributed by atoms with E-state index in [9.17, 15) is 14.7 Å². The summed E-state index contributed by atoms with van der Waals surface area (Å²) in [7, 11) is 0. The van der Waals surface area contributed by atoms with E-state index in [1.165, 1.54) is 0 Å². The second-order valence-corrected chi connectivity index (χ2v) is 5.59. The number of hydrogen-bond acceptors (Lipinski definition) is 5. The van der Waals surface area contributed by atoms with E-state index in [4.69, 9.17) is 4.74 Å². The Morgan fingerprint density at radius 3 is 2.86 bits per heavy atom. The number of rotatable bonds is 3. The van der Waals surface area contributed by atoms with Crippen LogP contribution in [0.5, 0.6) is 0 Å². The third-order valence-corrected chi connectivity index (χ3v) is 3.48. The molecule has 0 spiro atoms. The first-order valence-electron chi connectivity index (χ1n) is 6.42. The van der Waals surface area contributed by atoms with Gasteiger partial charge in [-0.1, -0.05) is 22.0 Å². The van der Waals surface area contributed by atoms with E-state index in [2.05, 4.69) is 21.0 Å². The number of aliphatic hydroxyl groups is 1. The Labute approximate surface area is 130 Å². The SMILES string of the molecule is CCOC(=O)[C@@]1(O)CC(C)=NN1C(=O)c1cccc(Br)c1. The second kappa shape index (κ2) is 5.95. The molecule has 112 valence electrons. The van der Waals surface area contributed by atoms with Crippen molar-refractivity contribution in [2.45, 2.75) is 26.0 Å². The monoisotopic (exact) mass is 354 g/mol. The van der Waals surface area contributed by atoms with Crippen LogP contribution in [0.15, 0.2) is 33.8 Å². The van der Waals surface area contributed by atoms with E-state index < -0.39 is 17.6 Å². The molecule has 21 heavy (non-hydrogen) atoms. The number of nitrogens with zero attached hydrogens (tertiary/aromatic N) is 2. The van der Waals surface area contributed by atoms with E-state index in [0.29, 0.717) is 15.7 Å². The Morgan fingerprint density at radius 2 is 2.24 bits per heavy atom. The first-order valence-corrected chi connectivity index (χ1v) is 7.21. The van der Waals surface area contributed by atoms with E-state index >= 15 is 0 Å². The zero-order chi connectivity index (χ0) is 15.6. The summed E-state index contributed by atoms with van der Waals surface area (Å²) in [5, 5.41) is 15.3. The van der Waals surface area contributed by atoms with Crippen LogP contribution in [-0.4, -0.2) is 40.0 Å². The average Bonchev–Trinajstić information content (AvgIpc) is 2.75. The van der Waals surface area contributed by atoms with Crippen LogP contribution in [-0.2, 0) is 9.53 Å². The zero-order valence-corrected chi connectivity index (χ0v) is 13.3. The third kappa shape index (κ3) is 2.98. The van der Waals surface area contributed by atoms with Gasteiger partial charge in [-0.05, 0) is 32.0 Å². The molecule has 1 aliphatic heterocycles. The van der Waals surface area contributed by atoms with Crippen molar-refractivity contribution >= 4 is 33.5 Å². The van der Waals surface area contributed by atoms with Gasteiger partial charge in [-0.3, -0.25) is 4.79 Å². The number of halogens is 1. The smallest absolute Gasteiger partial charge is 0.362 e. The molecule has 0 aromatic heterocycles. The highest BCUT2D eigenvalue weighted by atomic mass is 79.9. The minimum absolute atomic E-state index is 0.0639. The summed E-state index contributed by atoms with van der Waals surface area (Å²) < 4.78 is 5.57. The van der Waals surface area contributed by atoms with Crippen molar-refractivity contribution in [3.63, 3.8) is 0 Å². The van der Waals surface area contributed by atoms with Gasteiger partial charge in [0.2, 0.25) is 0 Å². The van der Waals surface area contributed by atoms with Crippen molar-refractivity contribution in [1.29, 1.82) is 0 Å². The highest BCUT2D eigenvalue weighted by Gasteiger charge is 2.51. The van der Waals surface area contributed by atoms with Gasteiger partial charge in [0.15, 0.2) is 0 Å². The lowest BCUT2D eigenvalue weighted by Crippen LogP contribution is -2.53. The number of hydrogen-bond donors (Lipinski definition) is 1. The summed E-state index contributed by atoms with van der Waals surface area (Å²) in [6, 6.07) is 6.64. The molecule has 1 heterocycles. The average molecular weight is 355 g/mol. The van der Waals surface area contributed by atoms with Crippen LogP contribution in [0.1, 0.15) is 30.6 Å². The van der Waals surface area contributed by atoms with Gasteiger partial charge in [0.1, 0.15) is 0 Å². The standard InChI is InChI=1S/C14H15BrN2O4/c1-3-21-13(19)14(20)8-9(2)16-17(14)12(18)10-5-4-6-11(15)7-10/h4-7,20H,3,8H2,1-2H3/t14-/m0/s1. The quantitative estimate of drug-likeness (QED) is 0.841. The van der Waals surface area contributed by atoms with E-state index in [1.54, 1.807) is 38.1 Å². The molecule has 1 aliphatic rings. The Bertz CT molecular complexity index is 617. The predicted molar refractivity (Wildman–Crippen MR) is 79.6 cm³/mol. The lowest BCUT2D eigenvalue weighted by molar-refractivity contribution is -0.179. The molecule has 0 aliphatic carbocycles. The maximum absolute atomic E-state index is 12.5. The molecule has 1 N–H and O–H groups in total. The molecule has 6 nitrogen and oxygen atoms in total. The molecular formula is C14H15BrN2O4. The van der Waals surface area contributed by atoms with Crippen LogP contribution in [0.25, 0.3) is 0 Å². The van der Waals surface area contributed by atoms with Gasteiger partial charge in [0.05, 0.1) is 6.61 Å². The van der Waals surface area contributed by atoms with Crippen molar-refractivity contribution in [3.8, 4) is 0 Å². The minimum Gasteiger partial charge on any atom is -0.462 e. The highest BCUT2D eigenvalue weighted by molar-refractivity contribution is 9.10. The van der Waals surface area contributed by atoms with Crippen molar-refractivity contribution in [2.24, 2.45) is 5.10 Å². The van der Waals surface area contributed by atoms with E-state index in [0.717, 1.165) is 5.01 Å². The van der Waals surface area contributed by atoms with Crippen molar-refractivity contribution in [1.82, 2.24) is 5.01 Å². The maximum Gasteiger partial charge on any atom is 0.362 e. The van der Waals surface area contributed by atoms with Gasteiger partial charge in [-0.15, -0.1) is 0 Å². The molecule has 1 aromatic rings. The lowest BCUT2D eigenvalue weighted by Gasteiger charge is -2.28. The van der Waals surface area contributed by atoms with Crippen LogP contribution in [0, 0.1) is 0 Å². The summed E-state index contributed by atoms with van der Waals surface area (Å²) in [5.74, 6) is -1.45. The first-order chi connectivity index (χ1) is 9.88. The molecule has 0 fully saturated rings. The van der Waals surface area contributed by atoms with Crippen LogP contribution >= 0.6 is 15.9 Å². The van der Waals surface area contributed by atoms with Gasteiger partial charge in [-0.2, -0.15) is 10.1 Å². The summed E-state index contributed by atoms with van der Waals surface area (Å²) in [4.78, 5) is 24.5. The van der Waals surface area contributed by atoms with Crippen LogP contribution in [0.4, 0.5) is 0 Å². The molecule has 0 saturated carbocycles. The summed E-state index contributed by atoms with van der Waals surface area (Å²) in [6.45, 7) is 3.38. The molecule has 7 heteroatoms. The Hall–Kier alpha value is -1.73. The molecule has 1 aromatic carbocycles. The predicted octanol–water partition coefficient (Wildman–Crippen LogP) is 1.92. The fourth-order valence-electron chi connectivity index (χ4n) is 2.08. The minimum atomic E-state index is -2.08. The highest BCUT2D eigenvalue weighted by Crippen LogP contribution is 2.29. The van der Waals surface area contributed by atoms with Crippen LogP contribution in [0.3, 0.4) is 0 Å². The second-order valence-electron chi connectivity index (χ2n) is 4.68. The van der Waals surface area contributed by atoms with Gasteiger partial charge in [0.25, 0.3) is 11.6 Å². The Morgan fingerprint density at radius 1 is 1.52 bits per heavy atom. The normalized spacial score (nSPS) is 21.1. The molecule has 0 bridgehead atoms. The van der Waals surface area contributed by atoms with E-state index in [-0.39, 0.29) is 13.0 Å². The molecule has 0 radical (unpaired) electrons. The van der Waals surface area contributed by atoms with Gasteiger partial charge in [0, 0.05) is 22.2 Å². The summed E-state index contributed by atoms with van der Waals surface area (Å²) in [6.07, 6.45) is -0.0639. The first kappa shape index (κ1) is 15.7. The van der Waals surface area contributed by atoms with Gasteiger partial charge in [-0.25, -0.2) is 4.79 Å². The molecule has 0 saturated heterocycles. The topological polar surface area (TPSA) is 79.2 Å². The Kier molecular flexibility index (Phi) is 4.43. The maximum atomic E-state index is 12.5. The van der Waals surface area contributed by atoms with Crippen LogP contribution < -0.4 is 0 Å². The molecule has 0 unspecified atom stereocenters. The molecule has 1 atom stereocenters.